The van der Waals surface area contributed by atoms with Gasteiger partial charge in [-0.25, -0.2) is 0 Å². The second kappa shape index (κ2) is 8.78. The van der Waals surface area contributed by atoms with Crippen LogP contribution in [0.3, 0.4) is 0 Å². The summed E-state index contributed by atoms with van der Waals surface area (Å²) in [6.07, 6.45) is 2.27. The number of hydrogen-bond acceptors (Lipinski definition) is 4. The Morgan fingerprint density at radius 1 is 1.13 bits per heavy atom. The maximum absolute atomic E-state index is 12.7. The third-order valence-electron chi connectivity index (χ3n) is 6.59. The predicted molar refractivity (Wildman–Crippen MR) is 115 cm³/mol. The Hall–Kier alpha value is -2.37. The number of nitrogens with zero attached hydrogens (tertiary/aromatic N) is 1. The van der Waals surface area contributed by atoms with E-state index in [0.717, 1.165) is 35.3 Å². The average molecular weight is 410 g/mol. The minimum absolute atomic E-state index is 0.00160. The van der Waals surface area contributed by atoms with Gasteiger partial charge in [0.25, 0.3) is 5.91 Å². The molecule has 1 spiro atoms. The van der Waals surface area contributed by atoms with E-state index in [1.54, 1.807) is 0 Å². The molecule has 1 N–H and O–H groups in total. The van der Waals surface area contributed by atoms with E-state index < -0.39 is 0 Å². The Kier molecular flexibility index (Phi) is 6.11. The fraction of sp³-hybridized carbons (Fsp3) is 0.480. The fourth-order valence-electron chi connectivity index (χ4n) is 4.63. The number of likely N-dealkylation sites (tertiary alicyclic amines) is 1. The molecule has 2 fully saturated rings. The van der Waals surface area contributed by atoms with Gasteiger partial charge >= 0.3 is 0 Å². The molecule has 2 aliphatic rings. The SMILES string of the molecule is Cc1cccc(OCC(=O)N2CCC3(CC2)C[C@H](O)C[C@H](c2ccccc2)O3)c1C. The average Bonchev–Trinajstić information content (AvgIpc) is 2.75. The van der Waals surface area contributed by atoms with E-state index in [4.69, 9.17) is 9.47 Å². The Balaban J connectivity index is 1.34. The quantitative estimate of drug-likeness (QED) is 0.831. The monoisotopic (exact) mass is 409 g/mol. The minimum Gasteiger partial charge on any atom is -0.483 e. The smallest absolute Gasteiger partial charge is 0.260 e. The molecular formula is C25H31NO4. The number of carbonyl (C=O) groups is 1. The topological polar surface area (TPSA) is 59.0 Å². The lowest BCUT2D eigenvalue weighted by Gasteiger charge is -2.48. The molecule has 30 heavy (non-hydrogen) atoms. The number of carbonyl (C=O) groups excluding carboxylic acids is 1. The van der Waals surface area contributed by atoms with Crippen LogP contribution in [-0.2, 0) is 9.53 Å². The van der Waals surface area contributed by atoms with Gasteiger partial charge in [0.05, 0.1) is 17.8 Å². The van der Waals surface area contributed by atoms with E-state index in [1.807, 2.05) is 55.1 Å². The fourth-order valence-corrected chi connectivity index (χ4v) is 4.63. The predicted octanol–water partition coefficient (Wildman–Crippen LogP) is 3.96. The molecule has 0 aromatic heterocycles. The van der Waals surface area contributed by atoms with Crippen LogP contribution in [0.5, 0.6) is 5.75 Å². The van der Waals surface area contributed by atoms with Crippen LogP contribution in [0.25, 0.3) is 0 Å². The van der Waals surface area contributed by atoms with Crippen LogP contribution in [0.2, 0.25) is 0 Å². The Bertz CT molecular complexity index is 874. The van der Waals surface area contributed by atoms with Crippen LogP contribution in [0, 0.1) is 13.8 Å². The number of aliphatic hydroxyl groups excluding tert-OH is 1. The maximum Gasteiger partial charge on any atom is 0.260 e. The van der Waals surface area contributed by atoms with Crippen molar-refractivity contribution in [2.45, 2.75) is 57.3 Å². The molecule has 0 bridgehead atoms. The Morgan fingerprint density at radius 2 is 1.87 bits per heavy atom. The van der Waals surface area contributed by atoms with Gasteiger partial charge in [-0.05, 0) is 49.4 Å². The van der Waals surface area contributed by atoms with Crippen LogP contribution in [0.1, 0.15) is 48.5 Å². The van der Waals surface area contributed by atoms with Crippen molar-refractivity contribution in [3.63, 3.8) is 0 Å². The van der Waals surface area contributed by atoms with E-state index in [1.165, 1.54) is 0 Å². The lowest BCUT2D eigenvalue weighted by molar-refractivity contribution is -0.186. The van der Waals surface area contributed by atoms with Crippen LogP contribution in [-0.4, -0.2) is 47.3 Å². The molecule has 2 aromatic carbocycles. The summed E-state index contributed by atoms with van der Waals surface area (Å²) in [5.41, 5.74) is 2.97. The zero-order valence-electron chi connectivity index (χ0n) is 17.8. The molecule has 160 valence electrons. The molecule has 2 heterocycles. The summed E-state index contributed by atoms with van der Waals surface area (Å²) in [5.74, 6) is 0.767. The number of aliphatic hydroxyl groups is 1. The molecule has 2 aromatic rings. The Labute approximate surface area is 178 Å². The highest BCUT2D eigenvalue weighted by atomic mass is 16.5. The van der Waals surface area contributed by atoms with E-state index in [9.17, 15) is 9.90 Å². The number of rotatable bonds is 4. The summed E-state index contributed by atoms with van der Waals surface area (Å²) in [6, 6.07) is 16.0. The molecule has 1 amide bonds. The first kappa shape index (κ1) is 20.9. The van der Waals surface area contributed by atoms with E-state index >= 15 is 0 Å². The molecule has 0 saturated carbocycles. The zero-order valence-corrected chi connectivity index (χ0v) is 17.8. The number of piperidine rings is 1. The van der Waals surface area contributed by atoms with Crippen molar-refractivity contribution in [1.29, 1.82) is 0 Å². The van der Waals surface area contributed by atoms with Gasteiger partial charge in [-0.2, -0.15) is 0 Å². The van der Waals surface area contributed by atoms with Crippen molar-refractivity contribution in [2.24, 2.45) is 0 Å². The van der Waals surface area contributed by atoms with Crippen molar-refractivity contribution in [1.82, 2.24) is 4.90 Å². The zero-order chi connectivity index (χ0) is 21.1. The summed E-state index contributed by atoms with van der Waals surface area (Å²) in [6.45, 7) is 5.35. The molecule has 0 unspecified atom stereocenters. The van der Waals surface area contributed by atoms with Gasteiger partial charge in [0.2, 0.25) is 0 Å². The first-order valence-electron chi connectivity index (χ1n) is 10.8. The van der Waals surface area contributed by atoms with Gasteiger partial charge in [0.15, 0.2) is 6.61 Å². The highest BCUT2D eigenvalue weighted by molar-refractivity contribution is 5.78. The molecule has 0 aliphatic carbocycles. The number of amides is 1. The van der Waals surface area contributed by atoms with E-state index in [0.29, 0.717) is 25.9 Å². The normalized spacial score (nSPS) is 23.4. The van der Waals surface area contributed by atoms with Gasteiger partial charge in [-0.3, -0.25) is 4.79 Å². The number of benzene rings is 2. The number of aryl methyl sites for hydroxylation is 1. The third-order valence-corrected chi connectivity index (χ3v) is 6.59. The van der Waals surface area contributed by atoms with Crippen molar-refractivity contribution in [3.05, 3.63) is 65.2 Å². The van der Waals surface area contributed by atoms with E-state index in [2.05, 4.69) is 12.1 Å². The minimum atomic E-state index is -0.376. The van der Waals surface area contributed by atoms with Crippen molar-refractivity contribution in [2.75, 3.05) is 19.7 Å². The van der Waals surface area contributed by atoms with Crippen LogP contribution < -0.4 is 4.74 Å². The highest BCUT2D eigenvalue weighted by Crippen LogP contribution is 2.42. The molecule has 2 atom stereocenters. The first-order valence-corrected chi connectivity index (χ1v) is 10.8. The second-order valence-corrected chi connectivity index (χ2v) is 8.66. The molecule has 2 aliphatic heterocycles. The largest absolute Gasteiger partial charge is 0.483 e. The lowest BCUT2D eigenvalue weighted by atomic mass is 9.81. The first-order chi connectivity index (χ1) is 14.5. The summed E-state index contributed by atoms with van der Waals surface area (Å²) in [5, 5.41) is 10.5. The molecular weight excluding hydrogens is 378 g/mol. The Morgan fingerprint density at radius 3 is 2.60 bits per heavy atom. The number of hydrogen-bond donors (Lipinski definition) is 1. The van der Waals surface area contributed by atoms with Crippen LogP contribution >= 0.6 is 0 Å². The number of ether oxygens (including phenoxy) is 2. The van der Waals surface area contributed by atoms with Gasteiger partial charge in [-0.1, -0.05) is 42.5 Å². The molecule has 4 rings (SSSR count). The maximum atomic E-state index is 12.7. The van der Waals surface area contributed by atoms with Gasteiger partial charge < -0.3 is 19.5 Å². The third kappa shape index (κ3) is 4.52. The van der Waals surface area contributed by atoms with Crippen LogP contribution in [0.4, 0.5) is 0 Å². The second-order valence-electron chi connectivity index (χ2n) is 8.66. The van der Waals surface area contributed by atoms with Crippen molar-refractivity contribution >= 4 is 5.91 Å². The summed E-state index contributed by atoms with van der Waals surface area (Å²) < 4.78 is 12.3. The van der Waals surface area contributed by atoms with Crippen LogP contribution in [0.15, 0.2) is 48.5 Å². The van der Waals surface area contributed by atoms with Gasteiger partial charge in [0, 0.05) is 25.9 Å². The molecule has 5 heteroatoms. The summed E-state index contributed by atoms with van der Waals surface area (Å²) in [7, 11) is 0. The molecule has 5 nitrogen and oxygen atoms in total. The molecule has 0 radical (unpaired) electrons. The summed E-state index contributed by atoms with van der Waals surface area (Å²) in [4.78, 5) is 14.6. The highest BCUT2D eigenvalue weighted by Gasteiger charge is 2.44. The van der Waals surface area contributed by atoms with Gasteiger partial charge in [0.1, 0.15) is 5.75 Å². The van der Waals surface area contributed by atoms with E-state index in [-0.39, 0.29) is 30.3 Å². The standard InChI is InChI=1S/C25H31NO4/c1-18-7-6-10-22(19(18)2)29-17-24(28)26-13-11-25(12-14-26)16-21(27)15-23(30-25)20-8-4-3-5-9-20/h3-10,21,23,27H,11-17H2,1-2H3/t21-,23-/m1/s1. The lowest BCUT2D eigenvalue weighted by Crippen LogP contribution is -2.52. The van der Waals surface area contributed by atoms with Crippen molar-refractivity contribution < 1.29 is 19.4 Å². The summed E-state index contributed by atoms with van der Waals surface area (Å²) >= 11 is 0. The molecule has 2 saturated heterocycles. The van der Waals surface area contributed by atoms with Crippen molar-refractivity contribution in [3.8, 4) is 5.75 Å². The van der Waals surface area contributed by atoms with Gasteiger partial charge in [-0.15, -0.1) is 0 Å².